The molecule has 1 spiro atoms. The van der Waals surface area contributed by atoms with Crippen molar-refractivity contribution in [2.24, 2.45) is 11.3 Å². The Hall–Kier alpha value is -2.42. The Morgan fingerprint density at radius 1 is 1.27 bits per heavy atom. The fourth-order valence-corrected chi connectivity index (χ4v) is 6.77. The molecule has 2 N–H and O–H groups in total. The van der Waals surface area contributed by atoms with Gasteiger partial charge in [-0.15, -0.1) is 0 Å². The highest BCUT2D eigenvalue weighted by Crippen LogP contribution is 2.66. The molecule has 1 aromatic rings. The van der Waals surface area contributed by atoms with Gasteiger partial charge in [-0.3, -0.25) is 4.79 Å². The Kier molecular flexibility index (Phi) is 4.22. The number of aliphatic hydroxyl groups excluding tert-OH is 1. The number of benzene rings is 1. The van der Waals surface area contributed by atoms with Crippen molar-refractivity contribution in [2.45, 2.75) is 49.3 Å². The van der Waals surface area contributed by atoms with Gasteiger partial charge in [0.05, 0.1) is 5.56 Å². The maximum absolute atomic E-state index is 13.5. The third-order valence-corrected chi connectivity index (χ3v) is 8.32. The Morgan fingerprint density at radius 2 is 2.06 bits per heavy atom. The monoisotopic (exact) mass is 459 g/mol. The minimum atomic E-state index is -4.60. The van der Waals surface area contributed by atoms with Crippen LogP contribution in [0.5, 0.6) is 0 Å². The van der Waals surface area contributed by atoms with Crippen LogP contribution < -0.4 is 0 Å². The molecule has 1 saturated carbocycles. The van der Waals surface area contributed by atoms with Crippen molar-refractivity contribution in [1.29, 1.82) is 0 Å². The standard InChI is InChI=1S/C25H24F3NO4/c1-29-10-9-23-16-5-6-18(30)21(23)33-22-19(23)13(12-17(16)29)7-8-24(22,32)20(31)14-3-2-4-15(11-14)25(26,27)28/h2-7,11,16-18,21,30,32H,8-10,12H2,1H3/t16-,17+,18-,21-,23-,24?/m0/s1. The number of aliphatic hydroxyl groups is 2. The van der Waals surface area contributed by atoms with Crippen LogP contribution in [-0.2, 0) is 10.9 Å². The van der Waals surface area contributed by atoms with Crippen LogP contribution in [0.4, 0.5) is 13.2 Å². The van der Waals surface area contributed by atoms with E-state index in [0.717, 1.165) is 36.2 Å². The summed E-state index contributed by atoms with van der Waals surface area (Å²) in [5, 5.41) is 22.5. The molecule has 1 unspecified atom stereocenters. The SMILES string of the molecule is CN1CC[C@]23C4=C5O[C@H]2[C@@H](O)C=C[C@H]3[C@H]1CC4=CCC5(O)C(=O)c1cccc(C(F)(F)F)c1. The molecule has 0 radical (unpaired) electrons. The minimum absolute atomic E-state index is 0.0558. The summed E-state index contributed by atoms with van der Waals surface area (Å²) < 4.78 is 46.0. The molecule has 1 aromatic carbocycles. The fraction of sp³-hybridized carbons (Fsp3) is 0.480. The molecular weight excluding hydrogens is 435 g/mol. The summed E-state index contributed by atoms with van der Waals surface area (Å²) >= 11 is 0. The molecule has 0 amide bonds. The minimum Gasteiger partial charge on any atom is -0.487 e. The van der Waals surface area contributed by atoms with Gasteiger partial charge >= 0.3 is 6.18 Å². The van der Waals surface area contributed by atoms with E-state index in [0.29, 0.717) is 6.42 Å². The van der Waals surface area contributed by atoms with Crippen LogP contribution in [0.25, 0.3) is 0 Å². The second-order valence-electron chi connectivity index (χ2n) is 9.89. The van der Waals surface area contributed by atoms with Gasteiger partial charge in [-0.05, 0) is 44.1 Å². The molecule has 2 fully saturated rings. The number of ether oxygens (including phenoxy) is 1. The van der Waals surface area contributed by atoms with Gasteiger partial charge < -0.3 is 19.8 Å². The number of rotatable bonds is 2. The number of carbonyl (C=O) groups excluding carboxylic acids is 1. The van der Waals surface area contributed by atoms with Crippen LogP contribution in [0.3, 0.4) is 0 Å². The molecular formula is C25H24F3NO4. The van der Waals surface area contributed by atoms with E-state index >= 15 is 0 Å². The molecule has 5 nitrogen and oxygen atoms in total. The zero-order valence-corrected chi connectivity index (χ0v) is 18.0. The van der Waals surface area contributed by atoms with E-state index in [1.165, 1.54) is 12.1 Å². The number of halogens is 3. The normalized spacial score (nSPS) is 39.2. The van der Waals surface area contributed by atoms with Gasteiger partial charge in [0.25, 0.3) is 0 Å². The molecule has 3 aliphatic carbocycles. The summed E-state index contributed by atoms with van der Waals surface area (Å²) in [5.74, 6) is -0.654. The average molecular weight is 459 g/mol. The van der Waals surface area contributed by atoms with Gasteiger partial charge in [-0.2, -0.15) is 13.2 Å². The number of hydrogen-bond donors (Lipinski definition) is 2. The van der Waals surface area contributed by atoms with Crippen LogP contribution in [0, 0.1) is 11.3 Å². The highest BCUT2D eigenvalue weighted by Gasteiger charge is 2.68. The van der Waals surface area contributed by atoms with Crippen molar-refractivity contribution < 1.29 is 32.9 Å². The first-order chi connectivity index (χ1) is 15.6. The van der Waals surface area contributed by atoms with Gasteiger partial charge in [0.15, 0.2) is 5.60 Å². The number of carbonyl (C=O) groups is 1. The molecule has 2 bridgehead atoms. The molecule has 2 heterocycles. The Morgan fingerprint density at radius 3 is 2.82 bits per heavy atom. The molecule has 2 aliphatic heterocycles. The lowest BCUT2D eigenvalue weighted by molar-refractivity contribution is -0.137. The number of ketones is 1. The highest BCUT2D eigenvalue weighted by atomic mass is 19.4. The van der Waals surface area contributed by atoms with E-state index in [4.69, 9.17) is 4.74 Å². The van der Waals surface area contributed by atoms with Crippen molar-refractivity contribution in [3.05, 3.63) is 70.5 Å². The van der Waals surface area contributed by atoms with Gasteiger partial charge in [-0.1, -0.05) is 30.4 Å². The summed E-state index contributed by atoms with van der Waals surface area (Å²) in [6.45, 7) is 0.783. The summed E-state index contributed by atoms with van der Waals surface area (Å²) in [5.41, 5.74) is -2.07. The number of alkyl halides is 3. The lowest BCUT2D eigenvalue weighted by Gasteiger charge is -2.58. The topological polar surface area (TPSA) is 70.0 Å². The van der Waals surface area contributed by atoms with Crippen LogP contribution >= 0.6 is 0 Å². The molecule has 5 aliphatic rings. The summed E-state index contributed by atoms with van der Waals surface area (Å²) in [4.78, 5) is 15.8. The highest BCUT2D eigenvalue weighted by molar-refractivity contribution is 6.05. The van der Waals surface area contributed by atoms with Crippen LogP contribution in [-0.4, -0.2) is 58.3 Å². The smallest absolute Gasteiger partial charge is 0.416 e. The third kappa shape index (κ3) is 2.63. The van der Waals surface area contributed by atoms with Crippen molar-refractivity contribution >= 4 is 5.78 Å². The van der Waals surface area contributed by atoms with Crippen molar-refractivity contribution in [3.8, 4) is 0 Å². The van der Waals surface area contributed by atoms with Crippen molar-refractivity contribution in [3.63, 3.8) is 0 Å². The Balaban J connectivity index is 1.49. The van der Waals surface area contributed by atoms with Crippen LogP contribution in [0.2, 0.25) is 0 Å². The first kappa shape index (κ1) is 21.1. The summed E-state index contributed by atoms with van der Waals surface area (Å²) in [7, 11) is 2.08. The number of Topliss-reactive ketones (excluding diaryl/α,β-unsaturated/α-hetero) is 1. The Bertz CT molecular complexity index is 1150. The number of nitrogens with zero attached hydrogens (tertiary/aromatic N) is 1. The lowest BCUT2D eigenvalue weighted by atomic mass is 9.51. The molecule has 6 atom stereocenters. The van der Waals surface area contributed by atoms with E-state index in [9.17, 15) is 28.2 Å². The molecule has 1 saturated heterocycles. The van der Waals surface area contributed by atoms with E-state index in [1.54, 1.807) is 6.08 Å². The quantitative estimate of drug-likeness (QED) is 0.525. The van der Waals surface area contributed by atoms with Crippen molar-refractivity contribution in [1.82, 2.24) is 4.90 Å². The van der Waals surface area contributed by atoms with Crippen LogP contribution in [0.15, 0.2) is 59.4 Å². The van der Waals surface area contributed by atoms with E-state index < -0.39 is 40.7 Å². The number of likely N-dealkylation sites (tertiary alicyclic amines) is 1. The van der Waals surface area contributed by atoms with E-state index in [1.807, 2.05) is 12.2 Å². The molecule has 174 valence electrons. The average Bonchev–Trinajstić information content (AvgIpc) is 3.14. The van der Waals surface area contributed by atoms with E-state index in [2.05, 4.69) is 11.9 Å². The van der Waals surface area contributed by atoms with Gasteiger partial charge in [0, 0.05) is 34.9 Å². The van der Waals surface area contributed by atoms with Crippen LogP contribution in [0.1, 0.15) is 35.2 Å². The maximum Gasteiger partial charge on any atom is 0.416 e. The molecule has 6 rings (SSSR count). The van der Waals surface area contributed by atoms with Gasteiger partial charge in [0.1, 0.15) is 18.0 Å². The zero-order valence-electron chi connectivity index (χ0n) is 18.0. The maximum atomic E-state index is 13.5. The van der Waals surface area contributed by atoms with E-state index in [-0.39, 0.29) is 29.7 Å². The predicted molar refractivity (Wildman–Crippen MR) is 112 cm³/mol. The summed E-state index contributed by atoms with van der Waals surface area (Å²) in [6.07, 6.45) is 0.787. The molecule has 8 heteroatoms. The second kappa shape index (κ2) is 6.58. The lowest BCUT2D eigenvalue weighted by Crippen LogP contribution is -2.62. The summed E-state index contributed by atoms with van der Waals surface area (Å²) in [6, 6.07) is 4.34. The molecule has 0 aromatic heterocycles. The molecule has 33 heavy (non-hydrogen) atoms. The van der Waals surface area contributed by atoms with Gasteiger partial charge in [-0.25, -0.2) is 0 Å². The fourth-order valence-electron chi connectivity index (χ4n) is 6.77. The number of hydrogen-bond acceptors (Lipinski definition) is 5. The third-order valence-electron chi connectivity index (χ3n) is 8.32. The Labute approximate surface area is 188 Å². The first-order valence-electron chi connectivity index (χ1n) is 11.2. The first-order valence-corrected chi connectivity index (χ1v) is 11.2. The predicted octanol–water partition coefficient (Wildman–Crippen LogP) is 3.24. The number of piperidine rings is 1. The second-order valence-corrected chi connectivity index (χ2v) is 9.89. The van der Waals surface area contributed by atoms with Gasteiger partial charge in [0.2, 0.25) is 5.78 Å². The zero-order chi connectivity index (χ0) is 23.3. The largest absolute Gasteiger partial charge is 0.487 e. The van der Waals surface area contributed by atoms with Crippen molar-refractivity contribution in [2.75, 3.05) is 13.6 Å².